The van der Waals surface area contributed by atoms with E-state index in [9.17, 15) is 9.59 Å². The van der Waals surface area contributed by atoms with Crippen molar-refractivity contribution in [3.05, 3.63) is 70.9 Å². The molecule has 1 saturated heterocycles. The van der Waals surface area contributed by atoms with Crippen LogP contribution in [0.1, 0.15) is 52.9 Å². The molecule has 0 saturated carbocycles. The number of nitrogens with one attached hydrogen (secondary N) is 1. The van der Waals surface area contributed by atoms with E-state index in [4.69, 9.17) is 9.72 Å². The maximum absolute atomic E-state index is 13.4. The molecule has 1 aliphatic carbocycles. The first-order valence-electron chi connectivity index (χ1n) is 12.0. The summed E-state index contributed by atoms with van der Waals surface area (Å²) < 4.78 is 5.27. The summed E-state index contributed by atoms with van der Waals surface area (Å²) in [5, 5.41) is 3.74. The Morgan fingerprint density at radius 1 is 1.03 bits per heavy atom. The van der Waals surface area contributed by atoms with Crippen molar-refractivity contribution >= 4 is 34.4 Å². The molecule has 3 aromatic rings. The van der Waals surface area contributed by atoms with E-state index >= 15 is 0 Å². The Bertz CT molecular complexity index is 1260. The maximum Gasteiger partial charge on any atom is 0.252 e. The van der Waals surface area contributed by atoms with Crippen LogP contribution < -0.4 is 10.1 Å². The summed E-state index contributed by atoms with van der Waals surface area (Å²) in [4.78, 5) is 32.8. The molecule has 1 aliphatic heterocycles. The summed E-state index contributed by atoms with van der Waals surface area (Å²) in [6, 6.07) is 15.7. The van der Waals surface area contributed by atoms with E-state index in [1.54, 1.807) is 7.11 Å². The van der Waals surface area contributed by atoms with Gasteiger partial charge in [-0.1, -0.05) is 30.3 Å². The third-order valence-electron chi connectivity index (χ3n) is 6.71. The van der Waals surface area contributed by atoms with E-state index in [-0.39, 0.29) is 18.4 Å². The predicted octanol–water partition coefficient (Wildman–Crippen LogP) is 4.47. The van der Waals surface area contributed by atoms with Crippen LogP contribution in [0.4, 0.5) is 0 Å². The van der Waals surface area contributed by atoms with Gasteiger partial charge in [-0.3, -0.25) is 9.59 Å². The number of fused-ring (bicyclic) bond motifs is 2. The van der Waals surface area contributed by atoms with E-state index in [0.29, 0.717) is 5.56 Å². The van der Waals surface area contributed by atoms with Crippen LogP contribution in [0.2, 0.25) is 0 Å². The molecule has 34 heavy (non-hydrogen) atoms. The Labute approximate surface area is 199 Å². The first kappa shape index (κ1) is 22.1. The van der Waals surface area contributed by atoms with Crippen LogP contribution in [-0.4, -0.2) is 48.4 Å². The first-order chi connectivity index (χ1) is 16.6. The number of likely N-dealkylation sites (tertiary alicyclic amines) is 1. The molecule has 0 atom stereocenters. The third-order valence-corrected chi connectivity index (χ3v) is 6.71. The van der Waals surface area contributed by atoms with Gasteiger partial charge in [0.1, 0.15) is 5.75 Å². The summed E-state index contributed by atoms with van der Waals surface area (Å²) >= 11 is 0. The van der Waals surface area contributed by atoms with Gasteiger partial charge in [0, 0.05) is 18.5 Å². The molecule has 5 rings (SSSR count). The average molecular weight is 456 g/mol. The van der Waals surface area contributed by atoms with E-state index in [0.717, 1.165) is 84.2 Å². The van der Waals surface area contributed by atoms with Gasteiger partial charge in [0.05, 0.1) is 30.4 Å². The molecule has 0 spiro atoms. The second-order valence-electron chi connectivity index (χ2n) is 8.90. The fraction of sp³-hybridized carbons (Fsp3) is 0.321. The van der Waals surface area contributed by atoms with Gasteiger partial charge in [0.25, 0.3) is 5.91 Å². The van der Waals surface area contributed by atoms with Crippen LogP contribution >= 0.6 is 0 Å². The van der Waals surface area contributed by atoms with Gasteiger partial charge < -0.3 is 15.0 Å². The average Bonchev–Trinajstić information content (AvgIpc) is 3.42. The quantitative estimate of drug-likeness (QED) is 0.616. The predicted molar refractivity (Wildman–Crippen MR) is 134 cm³/mol. The highest BCUT2D eigenvalue weighted by Crippen LogP contribution is 2.36. The number of methoxy groups -OCH3 is 1. The first-order valence-corrected chi connectivity index (χ1v) is 12.0. The number of hydrogen-bond acceptors (Lipinski definition) is 4. The minimum Gasteiger partial charge on any atom is -0.497 e. The standard InChI is InChI=1S/C28H29N3O3/c1-34-21-13-11-19(12-14-21)17-20-7-6-9-23-26(22-8-2-3-10-24(22)30-27(20)23)28(33)29-18-25(32)31-15-4-5-16-31/h2-3,8,10-14,17H,4-7,9,15-16,18H2,1H3,(H,29,33)/b20-17+. The van der Waals surface area contributed by atoms with Crippen LogP contribution in [0.3, 0.4) is 0 Å². The SMILES string of the molecule is COc1ccc(/C=C2\CCCc3c2nc2ccccc2c3C(=O)NCC(=O)N2CCCC2)cc1. The zero-order valence-electron chi connectivity index (χ0n) is 19.5. The highest BCUT2D eigenvalue weighted by atomic mass is 16.5. The molecule has 174 valence electrons. The number of para-hydroxylation sites is 1. The van der Waals surface area contributed by atoms with Gasteiger partial charge in [-0.15, -0.1) is 0 Å². The minimum absolute atomic E-state index is 0.0156. The number of rotatable bonds is 5. The van der Waals surface area contributed by atoms with Crippen LogP contribution in [0, 0.1) is 0 Å². The molecule has 2 heterocycles. The Kier molecular flexibility index (Phi) is 6.30. The topological polar surface area (TPSA) is 71.5 Å². The number of amides is 2. The van der Waals surface area contributed by atoms with E-state index in [2.05, 4.69) is 11.4 Å². The second-order valence-corrected chi connectivity index (χ2v) is 8.90. The zero-order valence-corrected chi connectivity index (χ0v) is 19.5. The number of benzene rings is 2. The van der Waals surface area contributed by atoms with Gasteiger partial charge in [-0.2, -0.15) is 0 Å². The molecular formula is C28H29N3O3. The Hall–Kier alpha value is -3.67. The normalized spacial score (nSPS) is 16.5. The van der Waals surface area contributed by atoms with E-state index in [1.165, 1.54) is 0 Å². The van der Waals surface area contributed by atoms with Gasteiger partial charge in [-0.25, -0.2) is 4.98 Å². The monoisotopic (exact) mass is 455 g/mol. The zero-order chi connectivity index (χ0) is 23.5. The highest BCUT2D eigenvalue weighted by Gasteiger charge is 2.26. The molecule has 2 aliphatic rings. The Morgan fingerprint density at radius 2 is 1.79 bits per heavy atom. The Morgan fingerprint density at radius 3 is 2.56 bits per heavy atom. The fourth-order valence-corrected chi connectivity index (χ4v) is 4.96. The highest BCUT2D eigenvalue weighted by molar-refractivity contribution is 6.09. The summed E-state index contributed by atoms with van der Waals surface area (Å²) in [7, 11) is 1.66. The summed E-state index contributed by atoms with van der Waals surface area (Å²) in [6.07, 6.45) is 6.85. The van der Waals surface area contributed by atoms with Gasteiger partial charge in [0.2, 0.25) is 5.91 Å². The lowest BCUT2D eigenvalue weighted by molar-refractivity contribution is -0.129. The van der Waals surface area contributed by atoms with E-state index < -0.39 is 0 Å². The van der Waals surface area contributed by atoms with Crippen molar-refractivity contribution in [3.63, 3.8) is 0 Å². The fourth-order valence-electron chi connectivity index (χ4n) is 4.96. The molecule has 0 bridgehead atoms. The van der Waals surface area contributed by atoms with Crippen LogP contribution in [0.25, 0.3) is 22.6 Å². The number of aromatic nitrogens is 1. The number of carbonyl (C=O) groups is 2. The molecule has 6 heteroatoms. The lowest BCUT2D eigenvalue weighted by Gasteiger charge is -2.23. The lowest BCUT2D eigenvalue weighted by atomic mass is 9.85. The second kappa shape index (κ2) is 9.67. The Balaban J connectivity index is 1.51. The summed E-state index contributed by atoms with van der Waals surface area (Å²) in [5.74, 6) is 0.601. The van der Waals surface area contributed by atoms with E-state index in [1.807, 2.05) is 53.4 Å². The van der Waals surface area contributed by atoms with Crippen LogP contribution in [-0.2, 0) is 11.2 Å². The molecular weight excluding hydrogens is 426 g/mol. The summed E-state index contributed by atoms with van der Waals surface area (Å²) in [6.45, 7) is 1.59. The molecule has 0 unspecified atom stereocenters. The smallest absolute Gasteiger partial charge is 0.252 e. The van der Waals surface area contributed by atoms with Crippen LogP contribution in [0.5, 0.6) is 5.75 Å². The van der Waals surface area contributed by atoms with Crippen LogP contribution in [0.15, 0.2) is 48.5 Å². The van der Waals surface area contributed by atoms with Crippen molar-refractivity contribution in [2.45, 2.75) is 32.1 Å². The molecule has 1 N–H and O–H groups in total. The number of nitrogens with zero attached hydrogens (tertiary/aromatic N) is 2. The largest absolute Gasteiger partial charge is 0.497 e. The maximum atomic E-state index is 13.4. The van der Waals surface area contributed by atoms with Crippen molar-refractivity contribution in [2.24, 2.45) is 0 Å². The summed E-state index contributed by atoms with van der Waals surface area (Å²) in [5.41, 5.74) is 5.49. The molecule has 1 aromatic heterocycles. The van der Waals surface area contributed by atoms with Crippen molar-refractivity contribution in [2.75, 3.05) is 26.7 Å². The molecule has 2 amide bonds. The van der Waals surface area contributed by atoms with Gasteiger partial charge in [0.15, 0.2) is 0 Å². The molecule has 6 nitrogen and oxygen atoms in total. The van der Waals surface area contributed by atoms with Crippen molar-refractivity contribution < 1.29 is 14.3 Å². The molecule has 0 radical (unpaired) electrons. The number of ether oxygens (including phenoxy) is 1. The number of pyridine rings is 1. The van der Waals surface area contributed by atoms with Crippen molar-refractivity contribution in [3.8, 4) is 5.75 Å². The third kappa shape index (κ3) is 4.40. The number of allylic oxidation sites excluding steroid dienone is 1. The number of carbonyl (C=O) groups excluding carboxylic acids is 2. The molecule has 2 aromatic carbocycles. The van der Waals surface area contributed by atoms with Crippen molar-refractivity contribution in [1.82, 2.24) is 15.2 Å². The van der Waals surface area contributed by atoms with Gasteiger partial charge >= 0.3 is 0 Å². The molecule has 1 fully saturated rings. The lowest BCUT2D eigenvalue weighted by Crippen LogP contribution is -2.39. The van der Waals surface area contributed by atoms with Gasteiger partial charge in [-0.05, 0) is 73.1 Å². The number of hydrogen-bond donors (Lipinski definition) is 1. The van der Waals surface area contributed by atoms with Crippen molar-refractivity contribution in [1.29, 1.82) is 0 Å². The minimum atomic E-state index is -0.201.